The van der Waals surface area contributed by atoms with E-state index in [0.29, 0.717) is 11.3 Å². The fraction of sp³-hybridized carbons (Fsp3) is 0.286. The number of hydrogen-bond donors (Lipinski definition) is 1. The highest BCUT2D eigenvalue weighted by atomic mass is 19.3. The van der Waals surface area contributed by atoms with Crippen LogP contribution in [0.5, 0.6) is 5.75 Å². The SMILES string of the molecule is Cc1cc2c(c(OCC(F)(F)C(F)F)c(C(=O)O)n2C)c(=O)n1CC(=O)c1ccccc1. The zero-order valence-corrected chi connectivity index (χ0v) is 16.9. The van der Waals surface area contributed by atoms with Crippen LogP contribution in [0.1, 0.15) is 26.5 Å². The van der Waals surface area contributed by atoms with E-state index >= 15 is 0 Å². The van der Waals surface area contributed by atoms with E-state index in [0.717, 1.165) is 9.13 Å². The fourth-order valence-electron chi connectivity index (χ4n) is 3.29. The number of rotatable bonds is 8. The van der Waals surface area contributed by atoms with Crippen molar-refractivity contribution in [2.45, 2.75) is 25.8 Å². The summed E-state index contributed by atoms with van der Waals surface area (Å²) in [6, 6.07) is 9.46. The van der Waals surface area contributed by atoms with Gasteiger partial charge in [-0.25, -0.2) is 13.6 Å². The minimum atomic E-state index is -4.56. The molecule has 0 aliphatic carbocycles. The van der Waals surface area contributed by atoms with E-state index in [-0.39, 0.29) is 5.52 Å². The van der Waals surface area contributed by atoms with Gasteiger partial charge in [0.2, 0.25) is 0 Å². The first-order valence-corrected chi connectivity index (χ1v) is 9.28. The molecule has 0 saturated heterocycles. The summed E-state index contributed by atoms with van der Waals surface area (Å²) in [4.78, 5) is 37.5. The number of aromatic carboxylic acids is 1. The Hall–Kier alpha value is -3.63. The second kappa shape index (κ2) is 8.48. The lowest BCUT2D eigenvalue weighted by Crippen LogP contribution is -2.34. The molecule has 3 rings (SSSR count). The lowest BCUT2D eigenvalue weighted by molar-refractivity contribution is -0.148. The maximum atomic E-state index is 13.4. The Balaban J connectivity index is 2.16. The van der Waals surface area contributed by atoms with Crippen molar-refractivity contribution in [3.05, 3.63) is 63.7 Å². The first kappa shape index (κ1) is 23.0. The largest absolute Gasteiger partial charge is 0.484 e. The second-order valence-electron chi connectivity index (χ2n) is 7.12. The highest BCUT2D eigenvalue weighted by Gasteiger charge is 2.42. The zero-order valence-electron chi connectivity index (χ0n) is 16.9. The van der Waals surface area contributed by atoms with Crippen LogP contribution in [0.2, 0.25) is 0 Å². The Labute approximate surface area is 178 Å². The molecule has 0 aliphatic heterocycles. The molecule has 1 aromatic carbocycles. The van der Waals surface area contributed by atoms with Gasteiger partial charge in [0.15, 0.2) is 23.8 Å². The second-order valence-corrected chi connectivity index (χ2v) is 7.12. The number of carbonyl (C=O) groups excluding carboxylic acids is 1. The van der Waals surface area contributed by atoms with Crippen LogP contribution in [0, 0.1) is 6.92 Å². The molecule has 11 heteroatoms. The molecule has 0 saturated carbocycles. The Kier molecular flexibility index (Phi) is 6.11. The number of pyridine rings is 1. The van der Waals surface area contributed by atoms with Crippen LogP contribution in [0.15, 0.2) is 41.2 Å². The van der Waals surface area contributed by atoms with E-state index in [1.807, 2.05) is 0 Å². The highest BCUT2D eigenvalue weighted by Crippen LogP contribution is 2.33. The van der Waals surface area contributed by atoms with Gasteiger partial charge in [-0.05, 0) is 13.0 Å². The monoisotopic (exact) mass is 454 g/mol. The topological polar surface area (TPSA) is 90.5 Å². The van der Waals surface area contributed by atoms with Crippen LogP contribution in [-0.4, -0.2) is 44.9 Å². The highest BCUT2D eigenvalue weighted by molar-refractivity contribution is 6.01. The van der Waals surface area contributed by atoms with Gasteiger partial charge in [0.05, 0.1) is 12.1 Å². The standard InChI is InChI=1S/C21H18F4N2O5/c1-11-8-13-15(18(29)27(11)9-14(28)12-6-4-3-5-7-12)17(16(19(30)31)26(13)2)32-10-21(24,25)20(22)23/h3-8,20H,9-10H2,1-2H3,(H,30,31). The van der Waals surface area contributed by atoms with E-state index < -0.39 is 59.6 Å². The number of ketones is 1. The van der Waals surface area contributed by atoms with Gasteiger partial charge in [0.25, 0.3) is 5.56 Å². The maximum absolute atomic E-state index is 13.4. The predicted octanol–water partition coefficient (Wildman–Crippen LogP) is 3.51. The lowest BCUT2D eigenvalue weighted by atomic mass is 10.1. The first-order chi connectivity index (χ1) is 15.0. The fourth-order valence-corrected chi connectivity index (χ4v) is 3.29. The summed E-state index contributed by atoms with van der Waals surface area (Å²) in [5, 5.41) is 9.11. The first-order valence-electron chi connectivity index (χ1n) is 9.28. The third kappa shape index (κ3) is 4.10. The maximum Gasteiger partial charge on any atom is 0.356 e. The van der Waals surface area contributed by atoms with E-state index in [4.69, 9.17) is 4.74 Å². The quantitative estimate of drug-likeness (QED) is 0.416. The van der Waals surface area contributed by atoms with Crippen molar-refractivity contribution in [2.75, 3.05) is 6.61 Å². The smallest absolute Gasteiger partial charge is 0.356 e. The van der Waals surface area contributed by atoms with Crippen molar-refractivity contribution >= 4 is 22.7 Å². The molecule has 0 aliphatic rings. The number of benzene rings is 1. The van der Waals surface area contributed by atoms with Crippen LogP contribution < -0.4 is 10.3 Å². The summed E-state index contributed by atoms with van der Waals surface area (Å²) in [5.41, 5.74) is -0.875. The molecule has 170 valence electrons. The van der Waals surface area contributed by atoms with E-state index in [1.54, 1.807) is 30.3 Å². The van der Waals surface area contributed by atoms with Crippen LogP contribution in [-0.2, 0) is 13.6 Å². The van der Waals surface area contributed by atoms with Gasteiger partial charge >= 0.3 is 18.3 Å². The number of halogens is 4. The molecule has 1 N–H and O–H groups in total. The molecule has 2 heterocycles. The van der Waals surface area contributed by atoms with Gasteiger partial charge in [-0.1, -0.05) is 30.3 Å². The van der Waals surface area contributed by atoms with Gasteiger partial charge < -0.3 is 19.0 Å². The van der Waals surface area contributed by atoms with E-state index in [1.165, 1.54) is 20.0 Å². The third-order valence-corrected chi connectivity index (χ3v) is 4.95. The van der Waals surface area contributed by atoms with Crippen molar-refractivity contribution in [2.24, 2.45) is 7.05 Å². The van der Waals surface area contributed by atoms with Gasteiger partial charge in [0.1, 0.15) is 5.39 Å². The Morgan fingerprint density at radius 1 is 1.19 bits per heavy atom. The summed E-state index contributed by atoms with van der Waals surface area (Å²) < 4.78 is 58.8. The normalized spacial score (nSPS) is 11.8. The number of alkyl halides is 4. The van der Waals surface area contributed by atoms with Crippen LogP contribution in [0.3, 0.4) is 0 Å². The molecule has 0 spiro atoms. The molecular formula is C21H18F4N2O5. The van der Waals surface area contributed by atoms with E-state index in [9.17, 15) is 37.1 Å². The Morgan fingerprint density at radius 3 is 2.38 bits per heavy atom. The van der Waals surface area contributed by atoms with Crippen molar-refractivity contribution in [3.63, 3.8) is 0 Å². The number of fused-ring (bicyclic) bond motifs is 1. The van der Waals surface area contributed by atoms with Crippen LogP contribution in [0.4, 0.5) is 17.6 Å². The molecule has 0 bridgehead atoms. The number of ether oxygens (including phenoxy) is 1. The number of Topliss-reactive ketones (excluding diaryl/α,β-unsaturated/α-hetero) is 1. The molecule has 0 fully saturated rings. The molecule has 0 amide bonds. The van der Waals surface area contributed by atoms with Crippen LogP contribution in [0.25, 0.3) is 10.9 Å². The van der Waals surface area contributed by atoms with Crippen LogP contribution >= 0.6 is 0 Å². The van der Waals surface area contributed by atoms with Crippen molar-refractivity contribution in [1.29, 1.82) is 0 Å². The summed E-state index contributed by atoms with van der Waals surface area (Å²) >= 11 is 0. The number of hydrogen-bond acceptors (Lipinski definition) is 4. The minimum Gasteiger partial charge on any atom is -0.484 e. The summed E-state index contributed by atoms with van der Waals surface area (Å²) in [6.07, 6.45) is -4.05. The summed E-state index contributed by atoms with van der Waals surface area (Å²) in [6.45, 7) is -0.729. The Morgan fingerprint density at radius 2 is 1.81 bits per heavy atom. The third-order valence-electron chi connectivity index (χ3n) is 4.95. The Bertz CT molecular complexity index is 1250. The van der Waals surface area contributed by atoms with Crippen molar-refractivity contribution < 1.29 is 37.0 Å². The number of carbonyl (C=O) groups is 2. The molecule has 32 heavy (non-hydrogen) atoms. The van der Waals surface area contributed by atoms with Gasteiger partial charge in [-0.3, -0.25) is 9.59 Å². The molecule has 0 atom stereocenters. The number of aryl methyl sites for hydroxylation is 2. The number of aromatic nitrogens is 2. The molecule has 0 radical (unpaired) electrons. The number of carboxylic acid groups (broad SMARTS) is 1. The number of carboxylic acids is 1. The van der Waals surface area contributed by atoms with Gasteiger partial charge in [0, 0.05) is 18.3 Å². The summed E-state index contributed by atoms with van der Waals surface area (Å²) in [7, 11) is 1.27. The molecule has 3 aromatic rings. The predicted molar refractivity (Wildman–Crippen MR) is 106 cm³/mol. The zero-order chi connectivity index (χ0) is 23.8. The number of nitrogens with zero attached hydrogens (tertiary/aromatic N) is 2. The van der Waals surface area contributed by atoms with Crippen molar-refractivity contribution in [1.82, 2.24) is 9.13 Å². The lowest BCUT2D eigenvalue weighted by Gasteiger charge is -2.16. The average Bonchev–Trinajstić information content (AvgIpc) is 3.01. The minimum absolute atomic E-state index is 0.0312. The molecule has 2 aromatic heterocycles. The molecular weight excluding hydrogens is 436 g/mol. The van der Waals surface area contributed by atoms with Crippen molar-refractivity contribution in [3.8, 4) is 5.75 Å². The summed E-state index contributed by atoms with van der Waals surface area (Å²) in [5.74, 6) is -7.36. The van der Waals surface area contributed by atoms with Gasteiger partial charge in [-0.2, -0.15) is 8.78 Å². The van der Waals surface area contributed by atoms with Gasteiger partial charge in [-0.15, -0.1) is 0 Å². The van der Waals surface area contributed by atoms with E-state index in [2.05, 4.69) is 0 Å². The molecule has 0 unspecified atom stereocenters. The molecule has 7 nitrogen and oxygen atoms in total. The average molecular weight is 454 g/mol.